The normalized spacial score (nSPS) is 26.0. The quantitative estimate of drug-likeness (QED) is 0.205. The molecule has 35 heavy (non-hydrogen) atoms. The lowest BCUT2D eigenvalue weighted by Crippen LogP contribution is -2.53. The SMILES string of the molecule is CC(C)C1NC(=O)C2(C)CSC(=N2)c2csc(n2)CNC(=O)CC(C=CCCSCCS)OC1=O. The van der Waals surface area contributed by atoms with Crippen LogP contribution < -0.4 is 10.6 Å². The van der Waals surface area contributed by atoms with Crippen LogP contribution >= 0.6 is 47.5 Å². The van der Waals surface area contributed by atoms with Crippen molar-refractivity contribution in [3.05, 3.63) is 28.2 Å². The highest BCUT2D eigenvalue weighted by atomic mass is 32.2. The maximum Gasteiger partial charge on any atom is 0.329 e. The Labute approximate surface area is 224 Å². The first kappa shape index (κ1) is 28.1. The Bertz CT molecular complexity index is 980. The van der Waals surface area contributed by atoms with Crippen molar-refractivity contribution in [1.82, 2.24) is 15.6 Å². The van der Waals surface area contributed by atoms with E-state index in [2.05, 4.69) is 33.2 Å². The predicted molar refractivity (Wildman–Crippen MR) is 148 cm³/mol. The Kier molecular flexibility index (Phi) is 10.6. The van der Waals surface area contributed by atoms with E-state index < -0.39 is 23.7 Å². The van der Waals surface area contributed by atoms with Gasteiger partial charge in [0.05, 0.1) is 13.0 Å². The molecule has 3 atom stereocenters. The van der Waals surface area contributed by atoms with Gasteiger partial charge in [-0.15, -0.1) is 23.1 Å². The lowest BCUT2D eigenvalue weighted by molar-refractivity contribution is -0.153. The lowest BCUT2D eigenvalue weighted by atomic mass is 10.0. The molecule has 0 aliphatic carbocycles. The van der Waals surface area contributed by atoms with Crippen molar-refractivity contribution >= 4 is 70.3 Å². The molecule has 0 radical (unpaired) electrons. The van der Waals surface area contributed by atoms with Crippen molar-refractivity contribution in [2.75, 3.05) is 23.0 Å². The minimum atomic E-state index is -1.01. The topological polar surface area (TPSA) is 110 Å². The number of thiazole rings is 1. The van der Waals surface area contributed by atoms with Crippen molar-refractivity contribution in [1.29, 1.82) is 0 Å². The number of hydrogen-bond acceptors (Lipinski definition) is 10. The van der Waals surface area contributed by atoms with E-state index in [9.17, 15) is 14.4 Å². The summed E-state index contributed by atoms with van der Waals surface area (Å²) in [5.74, 6) is 1.82. The number of carbonyl (C=O) groups is 3. The third-order valence-corrected chi connectivity index (χ3v) is 9.08. The molecule has 0 saturated carbocycles. The molecular formula is C23H32N4O4S4. The van der Waals surface area contributed by atoms with Gasteiger partial charge in [-0.05, 0) is 36.8 Å². The monoisotopic (exact) mass is 556 g/mol. The molecule has 0 saturated heterocycles. The van der Waals surface area contributed by atoms with E-state index in [-0.39, 0.29) is 30.7 Å². The summed E-state index contributed by atoms with van der Waals surface area (Å²) in [5, 5.41) is 9.03. The Balaban J connectivity index is 1.83. The minimum Gasteiger partial charge on any atom is -0.456 e. The number of ether oxygens (including phenoxy) is 1. The van der Waals surface area contributed by atoms with Gasteiger partial charge < -0.3 is 15.4 Å². The van der Waals surface area contributed by atoms with Crippen LogP contribution in [0.1, 0.15) is 44.3 Å². The molecule has 0 spiro atoms. The molecule has 1 aromatic rings. The van der Waals surface area contributed by atoms with Gasteiger partial charge in [-0.25, -0.2) is 9.78 Å². The molecule has 3 heterocycles. The number of allylic oxidation sites excluding steroid dienone is 1. The average molecular weight is 557 g/mol. The van der Waals surface area contributed by atoms with Gasteiger partial charge in [0, 0.05) is 16.9 Å². The zero-order valence-corrected chi connectivity index (χ0v) is 23.5. The second-order valence-electron chi connectivity index (χ2n) is 8.81. The first-order valence-electron chi connectivity index (χ1n) is 11.5. The fourth-order valence-corrected chi connectivity index (χ4v) is 6.34. The number of thiol groups is 1. The van der Waals surface area contributed by atoms with E-state index in [4.69, 9.17) is 4.74 Å². The molecule has 0 fully saturated rings. The van der Waals surface area contributed by atoms with Crippen LogP contribution in [0.2, 0.25) is 0 Å². The Hall–Kier alpha value is -1.50. The second-order valence-corrected chi connectivity index (χ2v) is 12.4. The van der Waals surface area contributed by atoms with E-state index in [1.165, 1.54) is 23.1 Å². The van der Waals surface area contributed by atoms with E-state index in [1.807, 2.05) is 25.3 Å². The molecule has 2 aliphatic heterocycles. The molecule has 12 heteroatoms. The molecule has 3 rings (SSSR count). The summed E-state index contributed by atoms with van der Waals surface area (Å²) in [6, 6.07) is -0.854. The number of rotatable bonds is 7. The van der Waals surface area contributed by atoms with Crippen molar-refractivity contribution in [2.45, 2.75) is 57.8 Å². The summed E-state index contributed by atoms with van der Waals surface area (Å²) in [4.78, 5) is 48.2. The Morgan fingerprint density at radius 3 is 2.89 bits per heavy atom. The molecule has 3 unspecified atom stereocenters. The zero-order valence-electron chi connectivity index (χ0n) is 20.1. The van der Waals surface area contributed by atoms with Crippen LogP contribution in [-0.2, 0) is 25.7 Å². The van der Waals surface area contributed by atoms with Gasteiger partial charge in [-0.3, -0.25) is 14.6 Å². The van der Waals surface area contributed by atoms with Crippen LogP contribution in [-0.4, -0.2) is 68.5 Å². The first-order chi connectivity index (χ1) is 16.7. The number of nitrogens with one attached hydrogen (secondary N) is 2. The number of aromatic nitrogens is 1. The van der Waals surface area contributed by atoms with E-state index in [0.29, 0.717) is 16.5 Å². The van der Waals surface area contributed by atoms with Crippen LogP contribution in [0.3, 0.4) is 0 Å². The largest absolute Gasteiger partial charge is 0.456 e. The molecule has 0 aromatic carbocycles. The molecule has 2 aliphatic rings. The standard InChI is InChI=1S/C23H32N4O4S4/c1-14(2)19-21(29)31-15(6-4-5-8-33-9-7-32)10-17(28)24-11-18-25-16(12-34-18)20-27-23(3,13-35-20)22(30)26-19/h4,6,12,14-15,19,32H,5,7-11,13H2,1-3H3,(H,24,28)(H,26,30). The van der Waals surface area contributed by atoms with Gasteiger partial charge in [0.2, 0.25) is 11.8 Å². The molecule has 2 amide bonds. The van der Waals surface area contributed by atoms with Crippen LogP contribution in [0.5, 0.6) is 0 Å². The van der Waals surface area contributed by atoms with E-state index in [1.54, 1.807) is 24.8 Å². The predicted octanol–water partition coefficient (Wildman–Crippen LogP) is 3.08. The van der Waals surface area contributed by atoms with Crippen molar-refractivity contribution in [3.63, 3.8) is 0 Å². The molecule has 4 bridgehead atoms. The Morgan fingerprint density at radius 2 is 2.14 bits per heavy atom. The minimum absolute atomic E-state index is 0.0106. The summed E-state index contributed by atoms with van der Waals surface area (Å²) < 4.78 is 5.74. The van der Waals surface area contributed by atoms with Gasteiger partial charge in [0.25, 0.3) is 0 Å². The lowest BCUT2D eigenvalue weighted by Gasteiger charge is -2.27. The summed E-state index contributed by atoms with van der Waals surface area (Å²) >= 11 is 8.89. The number of thioether (sulfide) groups is 2. The number of cyclic esters (lactones) is 1. The first-order valence-corrected chi connectivity index (χ1v) is 15.2. The Morgan fingerprint density at radius 1 is 1.34 bits per heavy atom. The zero-order chi connectivity index (χ0) is 25.4. The number of aliphatic imine (C=N–C) groups is 1. The van der Waals surface area contributed by atoms with E-state index >= 15 is 0 Å². The van der Waals surface area contributed by atoms with E-state index in [0.717, 1.165) is 28.7 Å². The molecule has 192 valence electrons. The van der Waals surface area contributed by atoms with Crippen molar-refractivity contribution in [2.24, 2.45) is 10.9 Å². The van der Waals surface area contributed by atoms with Gasteiger partial charge in [0.1, 0.15) is 33.4 Å². The molecular weight excluding hydrogens is 525 g/mol. The fourth-order valence-electron chi connectivity index (χ4n) is 3.40. The summed E-state index contributed by atoms with van der Waals surface area (Å²) in [7, 11) is 0. The number of esters is 1. The van der Waals surface area contributed by atoms with Crippen molar-refractivity contribution in [3.8, 4) is 0 Å². The number of nitrogens with zero attached hydrogens (tertiary/aromatic N) is 2. The smallest absolute Gasteiger partial charge is 0.329 e. The van der Waals surface area contributed by atoms with Gasteiger partial charge >= 0.3 is 5.97 Å². The highest BCUT2D eigenvalue weighted by molar-refractivity contribution is 8.14. The van der Waals surface area contributed by atoms with Gasteiger partial charge in [-0.1, -0.05) is 19.9 Å². The third-order valence-electron chi connectivity index (χ3n) is 5.41. The number of hydrogen-bond donors (Lipinski definition) is 3. The maximum atomic E-state index is 13.2. The average Bonchev–Trinajstić information content (AvgIpc) is 3.44. The van der Waals surface area contributed by atoms with Crippen LogP contribution in [0.25, 0.3) is 0 Å². The summed E-state index contributed by atoms with van der Waals surface area (Å²) in [6.45, 7) is 5.73. The molecule has 2 N–H and O–H groups in total. The van der Waals surface area contributed by atoms with Crippen LogP contribution in [0.4, 0.5) is 0 Å². The number of fused-ring (bicyclic) bond motifs is 4. The second kappa shape index (κ2) is 13.2. The molecule has 8 nitrogen and oxygen atoms in total. The van der Waals surface area contributed by atoms with Crippen molar-refractivity contribution < 1.29 is 19.1 Å². The number of carbonyl (C=O) groups excluding carboxylic acids is 3. The highest BCUT2D eigenvalue weighted by Gasteiger charge is 2.41. The highest BCUT2D eigenvalue weighted by Crippen LogP contribution is 2.32. The van der Waals surface area contributed by atoms with Crippen LogP contribution in [0.15, 0.2) is 22.5 Å². The van der Waals surface area contributed by atoms with Crippen LogP contribution in [0, 0.1) is 5.92 Å². The fraction of sp³-hybridized carbons (Fsp3) is 0.609. The summed E-state index contributed by atoms with van der Waals surface area (Å²) in [5.41, 5.74) is -0.309. The third kappa shape index (κ3) is 7.99. The number of amides is 2. The van der Waals surface area contributed by atoms with Gasteiger partial charge in [0.15, 0.2) is 0 Å². The molecule has 1 aromatic heterocycles. The van der Waals surface area contributed by atoms with Gasteiger partial charge in [-0.2, -0.15) is 24.4 Å². The maximum absolute atomic E-state index is 13.2. The summed E-state index contributed by atoms with van der Waals surface area (Å²) in [6.07, 6.45) is 3.73.